The van der Waals surface area contributed by atoms with Crippen LogP contribution in [0.15, 0.2) is 54.6 Å². The SMILES string of the molecule is CC1Oc2ccccc2OC1C(=O)NC(CCC(=O)O)Cc1ccccc1. The number of ether oxygens (including phenoxy) is 2. The van der Waals surface area contributed by atoms with Crippen LogP contribution in [-0.4, -0.2) is 35.2 Å². The Labute approximate surface area is 158 Å². The highest BCUT2D eigenvalue weighted by Gasteiger charge is 2.35. The molecule has 27 heavy (non-hydrogen) atoms. The molecule has 0 spiro atoms. The maximum Gasteiger partial charge on any atom is 0.303 e. The molecule has 1 heterocycles. The number of aliphatic carboxylic acids is 1. The number of benzene rings is 2. The summed E-state index contributed by atoms with van der Waals surface area (Å²) in [5.41, 5.74) is 1.03. The summed E-state index contributed by atoms with van der Waals surface area (Å²) in [6.07, 6.45) is -0.356. The van der Waals surface area contributed by atoms with Gasteiger partial charge in [0.2, 0.25) is 6.10 Å². The number of fused-ring (bicyclic) bond motifs is 1. The number of carboxylic acids is 1. The van der Waals surface area contributed by atoms with Crippen LogP contribution in [0.4, 0.5) is 0 Å². The van der Waals surface area contributed by atoms with Crippen molar-refractivity contribution in [1.29, 1.82) is 0 Å². The molecular formula is C21H23NO5. The van der Waals surface area contributed by atoms with Gasteiger partial charge in [-0.2, -0.15) is 0 Å². The minimum absolute atomic E-state index is 0.0157. The van der Waals surface area contributed by atoms with Gasteiger partial charge in [0.25, 0.3) is 5.91 Å². The maximum absolute atomic E-state index is 12.8. The Kier molecular flexibility index (Phi) is 5.96. The molecule has 142 valence electrons. The van der Waals surface area contributed by atoms with Crippen LogP contribution in [0.5, 0.6) is 11.5 Å². The molecular weight excluding hydrogens is 346 g/mol. The second kappa shape index (κ2) is 8.58. The van der Waals surface area contributed by atoms with Crippen molar-refractivity contribution < 1.29 is 24.2 Å². The van der Waals surface area contributed by atoms with E-state index in [0.29, 0.717) is 24.3 Å². The van der Waals surface area contributed by atoms with Crippen molar-refractivity contribution in [2.24, 2.45) is 0 Å². The smallest absolute Gasteiger partial charge is 0.303 e. The van der Waals surface area contributed by atoms with Crippen molar-refractivity contribution in [2.45, 2.75) is 44.4 Å². The van der Waals surface area contributed by atoms with Gasteiger partial charge in [0, 0.05) is 12.5 Å². The average Bonchev–Trinajstić information content (AvgIpc) is 2.66. The molecule has 0 bridgehead atoms. The highest BCUT2D eigenvalue weighted by molar-refractivity contribution is 5.82. The van der Waals surface area contributed by atoms with Crippen LogP contribution >= 0.6 is 0 Å². The van der Waals surface area contributed by atoms with E-state index in [1.807, 2.05) is 42.5 Å². The first kappa shape index (κ1) is 18.8. The Balaban J connectivity index is 1.68. The molecule has 1 aliphatic rings. The lowest BCUT2D eigenvalue weighted by Gasteiger charge is -2.32. The summed E-state index contributed by atoms with van der Waals surface area (Å²) in [5, 5.41) is 11.9. The van der Waals surface area contributed by atoms with E-state index in [4.69, 9.17) is 14.6 Å². The summed E-state index contributed by atoms with van der Waals surface area (Å²) in [5.74, 6) is -0.0492. The number of rotatable bonds is 7. The summed E-state index contributed by atoms with van der Waals surface area (Å²) < 4.78 is 11.6. The molecule has 3 atom stereocenters. The third-order valence-electron chi connectivity index (χ3n) is 4.48. The van der Waals surface area contributed by atoms with Gasteiger partial charge in [-0.05, 0) is 37.5 Å². The highest BCUT2D eigenvalue weighted by atomic mass is 16.6. The second-order valence-electron chi connectivity index (χ2n) is 6.64. The van der Waals surface area contributed by atoms with Crippen LogP contribution in [0.3, 0.4) is 0 Å². The van der Waals surface area contributed by atoms with E-state index >= 15 is 0 Å². The normalized spacial score (nSPS) is 19.1. The van der Waals surface area contributed by atoms with Crippen molar-refractivity contribution in [3.8, 4) is 11.5 Å². The van der Waals surface area contributed by atoms with Crippen LogP contribution in [0.1, 0.15) is 25.3 Å². The van der Waals surface area contributed by atoms with E-state index in [2.05, 4.69) is 5.32 Å². The van der Waals surface area contributed by atoms with Crippen molar-refractivity contribution in [3.63, 3.8) is 0 Å². The Hall–Kier alpha value is -3.02. The first-order chi connectivity index (χ1) is 13.0. The van der Waals surface area contributed by atoms with Crippen molar-refractivity contribution in [2.75, 3.05) is 0 Å². The Morgan fingerprint density at radius 1 is 1.04 bits per heavy atom. The zero-order valence-corrected chi connectivity index (χ0v) is 15.1. The Morgan fingerprint density at radius 3 is 2.33 bits per heavy atom. The van der Waals surface area contributed by atoms with Gasteiger partial charge < -0.3 is 19.9 Å². The molecule has 3 unspecified atom stereocenters. The fourth-order valence-electron chi connectivity index (χ4n) is 3.11. The van der Waals surface area contributed by atoms with E-state index in [-0.39, 0.29) is 18.4 Å². The van der Waals surface area contributed by atoms with E-state index in [0.717, 1.165) is 5.56 Å². The largest absolute Gasteiger partial charge is 0.482 e. The molecule has 6 nitrogen and oxygen atoms in total. The standard InChI is InChI=1S/C21H23NO5/c1-14-20(27-18-10-6-5-9-17(18)26-14)21(25)22-16(11-12-19(23)24)13-15-7-3-2-4-8-15/h2-10,14,16,20H,11-13H2,1H3,(H,22,25)(H,23,24). The first-order valence-corrected chi connectivity index (χ1v) is 9.01. The number of carboxylic acid groups (broad SMARTS) is 1. The molecule has 0 saturated carbocycles. The number of amides is 1. The first-order valence-electron chi connectivity index (χ1n) is 9.01. The summed E-state index contributed by atoms with van der Waals surface area (Å²) in [6.45, 7) is 1.78. The predicted molar refractivity (Wildman–Crippen MR) is 99.9 cm³/mol. The van der Waals surface area contributed by atoms with E-state index in [9.17, 15) is 9.59 Å². The van der Waals surface area contributed by atoms with Crippen LogP contribution in [0.2, 0.25) is 0 Å². The molecule has 0 saturated heterocycles. The average molecular weight is 369 g/mol. The quantitative estimate of drug-likeness (QED) is 0.784. The summed E-state index contributed by atoms with van der Waals surface area (Å²) >= 11 is 0. The maximum atomic E-state index is 12.8. The predicted octanol–water partition coefficient (Wildman–Crippen LogP) is 2.81. The molecule has 1 amide bonds. The number of hydrogen-bond donors (Lipinski definition) is 2. The fourth-order valence-corrected chi connectivity index (χ4v) is 3.11. The Bertz CT molecular complexity index is 792. The van der Waals surface area contributed by atoms with Gasteiger partial charge in [-0.3, -0.25) is 9.59 Å². The van der Waals surface area contributed by atoms with Gasteiger partial charge in [0.1, 0.15) is 6.10 Å². The van der Waals surface area contributed by atoms with E-state index in [1.54, 1.807) is 19.1 Å². The molecule has 2 aromatic rings. The lowest BCUT2D eigenvalue weighted by molar-refractivity contribution is -0.138. The molecule has 0 radical (unpaired) electrons. The molecule has 2 N–H and O–H groups in total. The molecule has 3 rings (SSSR count). The topological polar surface area (TPSA) is 84.9 Å². The third kappa shape index (κ3) is 5.00. The van der Waals surface area contributed by atoms with Gasteiger partial charge >= 0.3 is 5.97 Å². The monoisotopic (exact) mass is 369 g/mol. The molecule has 0 fully saturated rings. The number of para-hydroxylation sites is 2. The summed E-state index contributed by atoms with van der Waals surface area (Å²) in [6, 6.07) is 16.6. The molecule has 2 aromatic carbocycles. The van der Waals surface area contributed by atoms with Crippen molar-refractivity contribution in [3.05, 3.63) is 60.2 Å². The second-order valence-corrected chi connectivity index (χ2v) is 6.64. The van der Waals surface area contributed by atoms with Gasteiger partial charge in [0.05, 0.1) is 0 Å². The van der Waals surface area contributed by atoms with E-state index < -0.39 is 18.2 Å². The van der Waals surface area contributed by atoms with Gasteiger partial charge in [-0.1, -0.05) is 42.5 Å². The number of carbonyl (C=O) groups is 2. The van der Waals surface area contributed by atoms with Crippen LogP contribution in [0.25, 0.3) is 0 Å². The lowest BCUT2D eigenvalue weighted by atomic mass is 10.0. The van der Waals surface area contributed by atoms with Gasteiger partial charge in [-0.25, -0.2) is 0 Å². The van der Waals surface area contributed by atoms with Crippen LogP contribution in [0, 0.1) is 0 Å². The number of hydrogen-bond acceptors (Lipinski definition) is 4. The fraction of sp³-hybridized carbons (Fsp3) is 0.333. The number of carbonyl (C=O) groups excluding carboxylic acids is 1. The molecule has 0 aliphatic carbocycles. The zero-order valence-electron chi connectivity index (χ0n) is 15.1. The summed E-state index contributed by atoms with van der Waals surface area (Å²) in [4.78, 5) is 23.8. The van der Waals surface area contributed by atoms with Gasteiger partial charge in [0.15, 0.2) is 11.5 Å². The van der Waals surface area contributed by atoms with Crippen LogP contribution < -0.4 is 14.8 Å². The Morgan fingerprint density at radius 2 is 1.67 bits per heavy atom. The van der Waals surface area contributed by atoms with Crippen molar-refractivity contribution >= 4 is 11.9 Å². The van der Waals surface area contributed by atoms with Gasteiger partial charge in [-0.15, -0.1) is 0 Å². The van der Waals surface area contributed by atoms with E-state index in [1.165, 1.54) is 0 Å². The lowest BCUT2D eigenvalue weighted by Crippen LogP contribution is -2.52. The van der Waals surface area contributed by atoms with Crippen LogP contribution in [-0.2, 0) is 16.0 Å². The van der Waals surface area contributed by atoms with Crippen molar-refractivity contribution in [1.82, 2.24) is 5.32 Å². The molecule has 0 aromatic heterocycles. The zero-order chi connectivity index (χ0) is 19.2. The minimum atomic E-state index is -0.887. The minimum Gasteiger partial charge on any atom is -0.482 e. The summed E-state index contributed by atoms with van der Waals surface area (Å²) in [7, 11) is 0. The molecule has 1 aliphatic heterocycles. The number of nitrogens with one attached hydrogen (secondary N) is 1. The molecule has 6 heteroatoms. The highest BCUT2D eigenvalue weighted by Crippen LogP contribution is 2.33. The third-order valence-corrected chi connectivity index (χ3v) is 4.48.